The first-order valence-corrected chi connectivity index (χ1v) is 23.0. The van der Waals surface area contributed by atoms with Crippen molar-refractivity contribution < 1.29 is 0 Å². The molecule has 0 radical (unpaired) electrons. The van der Waals surface area contributed by atoms with E-state index in [0.29, 0.717) is 17.5 Å². The minimum atomic E-state index is 0.616. The molecule has 0 N–H and O–H groups in total. The zero-order valence-electron chi connectivity index (χ0n) is 36.9. The molecule has 0 aliphatic heterocycles. The van der Waals surface area contributed by atoms with Crippen LogP contribution in [0.1, 0.15) is 0 Å². The summed E-state index contributed by atoms with van der Waals surface area (Å²) in [5, 5.41) is 4.92. The smallest absolute Gasteiger partial charge is 0.164 e. The molecule has 0 amide bonds. The standard InChI is InChI=1S/C63H41N5/c1-3-17-42(18-4-1)47-37-38-60(68-58-31-13-9-27-53(58)54-28-10-14-32-59(54)68)55(41-47)48-22-15-21-46(39-48)43-33-35-45(36-34-43)62-64-61(44-19-5-2-6-20-44)65-63(66-62)49-23-16-24-50(40-49)67-56-29-11-7-25-51(56)52-26-8-12-30-57(52)67/h1-41H. The van der Waals surface area contributed by atoms with Crippen molar-refractivity contribution in [2.24, 2.45) is 0 Å². The van der Waals surface area contributed by atoms with Crippen LogP contribution in [0.25, 0.3) is 123 Å². The third-order valence-electron chi connectivity index (χ3n) is 13.2. The van der Waals surface area contributed by atoms with Crippen molar-refractivity contribution in [3.8, 4) is 78.9 Å². The van der Waals surface area contributed by atoms with Gasteiger partial charge in [-0.1, -0.05) is 194 Å². The van der Waals surface area contributed by atoms with Crippen LogP contribution in [-0.2, 0) is 0 Å². The first-order valence-electron chi connectivity index (χ1n) is 23.0. The average Bonchev–Trinajstić information content (AvgIpc) is 3.94. The molecule has 13 rings (SSSR count). The lowest BCUT2D eigenvalue weighted by atomic mass is 9.94. The molecule has 318 valence electrons. The number of para-hydroxylation sites is 4. The highest BCUT2D eigenvalue weighted by molar-refractivity contribution is 6.10. The summed E-state index contributed by atoms with van der Waals surface area (Å²) in [4.78, 5) is 15.4. The van der Waals surface area contributed by atoms with Crippen molar-refractivity contribution in [2.45, 2.75) is 0 Å². The maximum atomic E-state index is 5.18. The summed E-state index contributed by atoms with van der Waals surface area (Å²) in [6.45, 7) is 0. The second-order valence-electron chi connectivity index (χ2n) is 17.2. The zero-order valence-corrected chi connectivity index (χ0v) is 36.9. The Morgan fingerprint density at radius 2 is 0.618 bits per heavy atom. The van der Waals surface area contributed by atoms with Crippen molar-refractivity contribution in [3.63, 3.8) is 0 Å². The van der Waals surface area contributed by atoms with Crippen LogP contribution in [0.15, 0.2) is 249 Å². The molecule has 13 aromatic rings. The molecule has 0 aliphatic rings. The number of fused-ring (bicyclic) bond motifs is 6. The SMILES string of the molecule is c1ccc(-c2ccc(-n3c4ccccc4c4ccccc43)c(-c3cccc(-c4ccc(-c5nc(-c6ccccc6)nc(-c6cccc(-n7c8ccccc8c8ccccc87)c6)n5)cc4)c3)c2)cc1. The first-order chi connectivity index (χ1) is 33.7. The van der Waals surface area contributed by atoms with Crippen LogP contribution in [-0.4, -0.2) is 24.1 Å². The third-order valence-corrected chi connectivity index (χ3v) is 13.2. The molecular weight excluding hydrogens is 827 g/mol. The number of hydrogen-bond acceptors (Lipinski definition) is 3. The molecule has 3 heterocycles. The number of rotatable bonds is 8. The molecule has 0 saturated carbocycles. The van der Waals surface area contributed by atoms with E-state index in [9.17, 15) is 0 Å². The molecule has 0 spiro atoms. The largest absolute Gasteiger partial charge is 0.309 e. The Kier molecular flexibility index (Phi) is 9.43. The number of nitrogens with zero attached hydrogens (tertiary/aromatic N) is 5. The monoisotopic (exact) mass is 867 g/mol. The molecule has 5 heteroatoms. The van der Waals surface area contributed by atoms with Gasteiger partial charge in [-0.25, -0.2) is 15.0 Å². The van der Waals surface area contributed by atoms with Crippen molar-refractivity contribution in [1.29, 1.82) is 0 Å². The summed E-state index contributed by atoms with van der Waals surface area (Å²) in [7, 11) is 0. The summed E-state index contributed by atoms with van der Waals surface area (Å²) >= 11 is 0. The van der Waals surface area contributed by atoms with Gasteiger partial charge in [0.25, 0.3) is 0 Å². The topological polar surface area (TPSA) is 48.5 Å². The van der Waals surface area contributed by atoms with Gasteiger partial charge in [0, 0.05) is 49.5 Å². The molecule has 5 nitrogen and oxygen atoms in total. The fraction of sp³-hybridized carbons (Fsp3) is 0. The van der Waals surface area contributed by atoms with Crippen molar-refractivity contribution in [3.05, 3.63) is 249 Å². The second kappa shape index (κ2) is 16.4. The van der Waals surface area contributed by atoms with Gasteiger partial charge in [-0.05, 0) is 82.4 Å². The van der Waals surface area contributed by atoms with Crippen molar-refractivity contribution in [1.82, 2.24) is 24.1 Å². The predicted molar refractivity (Wildman–Crippen MR) is 281 cm³/mol. The Hall–Kier alpha value is -9.19. The van der Waals surface area contributed by atoms with Crippen LogP contribution in [0.5, 0.6) is 0 Å². The number of benzene rings is 10. The maximum Gasteiger partial charge on any atom is 0.164 e. The predicted octanol–water partition coefficient (Wildman–Crippen LogP) is 16.1. The van der Waals surface area contributed by atoms with Gasteiger partial charge < -0.3 is 9.13 Å². The lowest BCUT2D eigenvalue weighted by Gasteiger charge is -2.17. The number of hydrogen-bond donors (Lipinski definition) is 0. The molecule has 3 aromatic heterocycles. The van der Waals surface area contributed by atoms with Crippen LogP contribution in [0, 0.1) is 0 Å². The van der Waals surface area contributed by atoms with E-state index in [4.69, 9.17) is 15.0 Å². The molecule has 0 aliphatic carbocycles. The molecule has 0 atom stereocenters. The van der Waals surface area contributed by atoms with E-state index in [-0.39, 0.29) is 0 Å². The summed E-state index contributed by atoms with van der Waals surface area (Å²) in [5.41, 5.74) is 16.5. The van der Waals surface area contributed by atoms with Crippen LogP contribution in [0.3, 0.4) is 0 Å². The van der Waals surface area contributed by atoms with Gasteiger partial charge in [0.05, 0.1) is 27.8 Å². The summed E-state index contributed by atoms with van der Waals surface area (Å²) in [6, 6.07) is 88.3. The maximum absolute atomic E-state index is 5.18. The van der Waals surface area contributed by atoms with Gasteiger partial charge in [-0.15, -0.1) is 0 Å². The molecule has 68 heavy (non-hydrogen) atoms. The average molecular weight is 868 g/mol. The van der Waals surface area contributed by atoms with Crippen LogP contribution < -0.4 is 0 Å². The lowest BCUT2D eigenvalue weighted by molar-refractivity contribution is 1.07. The van der Waals surface area contributed by atoms with E-state index in [1.807, 2.05) is 18.2 Å². The highest BCUT2D eigenvalue weighted by Gasteiger charge is 2.19. The van der Waals surface area contributed by atoms with E-state index in [2.05, 4.69) is 240 Å². The molecule has 0 saturated heterocycles. The van der Waals surface area contributed by atoms with Crippen LogP contribution in [0.4, 0.5) is 0 Å². The van der Waals surface area contributed by atoms with E-state index in [1.54, 1.807) is 0 Å². The van der Waals surface area contributed by atoms with Crippen LogP contribution >= 0.6 is 0 Å². The van der Waals surface area contributed by atoms with Gasteiger partial charge in [0.1, 0.15) is 0 Å². The molecule has 0 bridgehead atoms. The Labute approximate surface area is 393 Å². The van der Waals surface area contributed by atoms with E-state index >= 15 is 0 Å². The minimum Gasteiger partial charge on any atom is -0.309 e. The van der Waals surface area contributed by atoms with Gasteiger partial charge in [0.15, 0.2) is 17.5 Å². The van der Waals surface area contributed by atoms with Crippen LogP contribution in [0.2, 0.25) is 0 Å². The van der Waals surface area contributed by atoms with Gasteiger partial charge in [-0.3, -0.25) is 0 Å². The lowest BCUT2D eigenvalue weighted by Crippen LogP contribution is -2.01. The zero-order chi connectivity index (χ0) is 45.0. The van der Waals surface area contributed by atoms with Gasteiger partial charge in [-0.2, -0.15) is 0 Å². The van der Waals surface area contributed by atoms with E-state index < -0.39 is 0 Å². The summed E-state index contributed by atoms with van der Waals surface area (Å²) in [5.74, 6) is 1.86. The first kappa shape index (κ1) is 39.2. The third kappa shape index (κ3) is 6.76. The highest BCUT2D eigenvalue weighted by Crippen LogP contribution is 2.40. The fourth-order valence-electron chi connectivity index (χ4n) is 9.97. The quantitative estimate of drug-likeness (QED) is 0.153. The normalized spacial score (nSPS) is 11.5. The summed E-state index contributed by atoms with van der Waals surface area (Å²) in [6.07, 6.45) is 0. The Balaban J connectivity index is 0.901. The van der Waals surface area contributed by atoms with Crippen molar-refractivity contribution in [2.75, 3.05) is 0 Å². The van der Waals surface area contributed by atoms with Gasteiger partial charge in [0.2, 0.25) is 0 Å². The summed E-state index contributed by atoms with van der Waals surface area (Å²) < 4.78 is 4.75. The highest BCUT2D eigenvalue weighted by atomic mass is 15.0. The number of aromatic nitrogens is 5. The molecule has 10 aromatic carbocycles. The van der Waals surface area contributed by atoms with E-state index in [1.165, 1.54) is 43.7 Å². The second-order valence-corrected chi connectivity index (χ2v) is 17.2. The fourth-order valence-corrected chi connectivity index (χ4v) is 9.97. The Bertz CT molecular complexity index is 3910. The minimum absolute atomic E-state index is 0.616. The Morgan fingerprint density at radius 1 is 0.235 bits per heavy atom. The van der Waals surface area contributed by atoms with Gasteiger partial charge >= 0.3 is 0 Å². The molecular formula is C63H41N5. The van der Waals surface area contributed by atoms with E-state index in [0.717, 1.165) is 61.4 Å². The Morgan fingerprint density at radius 3 is 1.21 bits per heavy atom. The molecule has 0 fully saturated rings. The molecule has 0 unspecified atom stereocenters. The van der Waals surface area contributed by atoms with Crippen molar-refractivity contribution >= 4 is 43.6 Å².